The molecule has 33 heavy (non-hydrogen) atoms. The van der Waals surface area contributed by atoms with Crippen molar-refractivity contribution < 1.29 is 19.1 Å². The molecule has 3 aromatic rings. The Balaban J connectivity index is 1.12. The number of hydrogen-bond donors (Lipinski definition) is 2. The normalized spacial score (nSPS) is 29.3. The summed E-state index contributed by atoms with van der Waals surface area (Å²) in [5, 5.41) is 14.8. The molecule has 3 fully saturated rings. The molecule has 2 heterocycles. The highest BCUT2D eigenvalue weighted by Crippen LogP contribution is 2.67. The molecule has 1 amide bonds. The van der Waals surface area contributed by atoms with Crippen LogP contribution in [0.15, 0.2) is 46.9 Å². The Hall–Kier alpha value is -2.54. The lowest BCUT2D eigenvalue weighted by Crippen LogP contribution is -2.77. The van der Waals surface area contributed by atoms with Gasteiger partial charge in [0.05, 0.1) is 17.2 Å². The third-order valence-corrected chi connectivity index (χ3v) is 7.59. The number of oxazole rings is 1. The predicted octanol–water partition coefficient (Wildman–Crippen LogP) is 5.13. The van der Waals surface area contributed by atoms with Crippen molar-refractivity contribution in [2.75, 3.05) is 0 Å². The summed E-state index contributed by atoms with van der Waals surface area (Å²) < 4.78 is 12.0. The van der Waals surface area contributed by atoms with E-state index in [9.17, 15) is 9.90 Å². The molecule has 2 N–H and O–H groups in total. The van der Waals surface area contributed by atoms with Crippen molar-refractivity contribution in [2.24, 2.45) is 0 Å². The first kappa shape index (κ1) is 21.0. The highest BCUT2D eigenvalue weighted by atomic mass is 35.5. The summed E-state index contributed by atoms with van der Waals surface area (Å²) in [6.45, 7) is 1.94. The van der Waals surface area contributed by atoms with Crippen LogP contribution in [0.1, 0.15) is 48.9 Å². The zero-order valence-electron chi connectivity index (χ0n) is 17.9. The smallest absolute Gasteiger partial charge is 0.261 e. The van der Waals surface area contributed by atoms with Gasteiger partial charge < -0.3 is 19.6 Å². The number of aromatic nitrogens is 1. The molecule has 0 saturated heterocycles. The van der Waals surface area contributed by atoms with Crippen molar-refractivity contribution in [1.82, 2.24) is 10.3 Å². The largest absolute Gasteiger partial charge is 0.480 e. The number of ether oxygens (including phenoxy) is 1. The molecule has 7 rings (SSSR count). The van der Waals surface area contributed by atoms with Gasteiger partial charge in [-0.2, -0.15) is 0 Å². The number of carbonyl (C=O) groups is 1. The van der Waals surface area contributed by atoms with Gasteiger partial charge in [0.15, 0.2) is 11.9 Å². The molecule has 0 unspecified atom stereocenters. The standard InChI is InChI=1S/C25H22Cl2N2O4/c1-13-21(14-2-4-15(26)5-3-14)33-23(28-13)24-10-25(11-24,12-24)29-22(31)20-9-18(30)17-8-16(27)6-7-19(17)32-20/h2-8,18,20,30H,9-12H2,1H3,(H,29,31)/t18-,20+,24?,25?/m1/s1. The van der Waals surface area contributed by atoms with E-state index in [1.54, 1.807) is 18.2 Å². The molecule has 2 atom stereocenters. The Morgan fingerprint density at radius 2 is 1.82 bits per heavy atom. The zero-order valence-corrected chi connectivity index (χ0v) is 19.4. The maximum atomic E-state index is 12.9. The van der Waals surface area contributed by atoms with Gasteiger partial charge >= 0.3 is 0 Å². The third-order valence-electron chi connectivity index (χ3n) is 7.11. The highest BCUT2D eigenvalue weighted by Gasteiger charge is 2.72. The van der Waals surface area contributed by atoms with E-state index in [0.29, 0.717) is 21.4 Å². The van der Waals surface area contributed by atoms with Crippen LogP contribution >= 0.6 is 23.2 Å². The first-order chi connectivity index (χ1) is 15.8. The van der Waals surface area contributed by atoms with Gasteiger partial charge in [0.2, 0.25) is 5.89 Å². The fraction of sp³-hybridized carbons (Fsp3) is 0.360. The average Bonchev–Trinajstić information content (AvgIpc) is 3.11. The second-order valence-electron chi connectivity index (χ2n) is 9.56. The lowest BCUT2D eigenvalue weighted by atomic mass is 9.39. The number of amides is 1. The van der Waals surface area contributed by atoms with Crippen LogP contribution in [0.4, 0.5) is 0 Å². The molecule has 3 aliphatic carbocycles. The number of fused-ring (bicyclic) bond motifs is 1. The molecule has 2 aromatic carbocycles. The SMILES string of the molecule is Cc1nc(C23CC(NC(=O)[C@@H]4C[C@@H](O)c5cc(Cl)ccc5O4)(C2)C3)oc1-c1ccc(Cl)cc1. The van der Waals surface area contributed by atoms with Gasteiger partial charge in [-0.15, -0.1) is 0 Å². The van der Waals surface area contributed by atoms with Crippen molar-refractivity contribution in [1.29, 1.82) is 0 Å². The van der Waals surface area contributed by atoms with Crippen molar-refractivity contribution in [3.63, 3.8) is 0 Å². The maximum absolute atomic E-state index is 12.9. The van der Waals surface area contributed by atoms with Crippen molar-refractivity contribution in [3.8, 4) is 17.1 Å². The molecule has 0 spiro atoms. The van der Waals surface area contributed by atoms with Gasteiger partial charge in [0.1, 0.15) is 5.75 Å². The summed E-state index contributed by atoms with van der Waals surface area (Å²) in [5.74, 6) is 1.79. The molecule has 6 nitrogen and oxygen atoms in total. The van der Waals surface area contributed by atoms with Gasteiger partial charge in [-0.25, -0.2) is 4.98 Å². The first-order valence-electron chi connectivity index (χ1n) is 11.0. The Morgan fingerprint density at radius 3 is 2.55 bits per heavy atom. The Kier molecular flexibility index (Phi) is 4.60. The van der Waals surface area contributed by atoms with E-state index in [4.69, 9.17) is 37.3 Å². The van der Waals surface area contributed by atoms with Crippen LogP contribution in [0.25, 0.3) is 11.3 Å². The monoisotopic (exact) mass is 484 g/mol. The van der Waals surface area contributed by atoms with E-state index < -0.39 is 12.2 Å². The number of hydrogen-bond acceptors (Lipinski definition) is 5. The Morgan fingerprint density at radius 1 is 1.12 bits per heavy atom. The second-order valence-corrected chi connectivity index (χ2v) is 10.4. The molecule has 170 valence electrons. The van der Waals surface area contributed by atoms with Crippen LogP contribution in [-0.4, -0.2) is 27.6 Å². The first-order valence-corrected chi connectivity index (χ1v) is 11.7. The lowest BCUT2D eigenvalue weighted by molar-refractivity contribution is -0.149. The lowest BCUT2D eigenvalue weighted by Gasteiger charge is -2.68. The van der Waals surface area contributed by atoms with E-state index in [2.05, 4.69) is 5.32 Å². The number of aliphatic hydroxyl groups excluding tert-OH is 1. The number of aryl methyl sites for hydroxylation is 1. The van der Waals surface area contributed by atoms with Crippen molar-refractivity contribution >= 4 is 29.1 Å². The maximum Gasteiger partial charge on any atom is 0.261 e. The number of carbonyl (C=O) groups excluding carboxylic acids is 1. The van der Waals surface area contributed by atoms with Gasteiger partial charge in [-0.05, 0) is 68.7 Å². The van der Waals surface area contributed by atoms with Crippen LogP contribution in [0.2, 0.25) is 10.0 Å². The van der Waals surface area contributed by atoms with E-state index >= 15 is 0 Å². The van der Waals surface area contributed by atoms with E-state index in [-0.39, 0.29) is 23.3 Å². The average molecular weight is 485 g/mol. The van der Waals surface area contributed by atoms with Crippen LogP contribution in [0, 0.1) is 6.92 Å². The summed E-state index contributed by atoms with van der Waals surface area (Å²) in [4.78, 5) is 17.6. The predicted molar refractivity (Wildman–Crippen MR) is 124 cm³/mol. The second kappa shape index (κ2) is 7.23. The minimum atomic E-state index is -0.788. The highest BCUT2D eigenvalue weighted by molar-refractivity contribution is 6.31. The number of halogens is 2. The molecule has 8 heteroatoms. The van der Waals surface area contributed by atoms with Crippen LogP contribution in [0.5, 0.6) is 5.75 Å². The quantitative estimate of drug-likeness (QED) is 0.535. The van der Waals surface area contributed by atoms with Gasteiger partial charge in [-0.1, -0.05) is 23.2 Å². The Bertz CT molecular complexity index is 1250. The summed E-state index contributed by atoms with van der Waals surface area (Å²) >= 11 is 12.0. The number of aliphatic hydroxyl groups is 1. The zero-order chi connectivity index (χ0) is 23.0. The molecular formula is C25H22Cl2N2O4. The van der Waals surface area contributed by atoms with Crippen LogP contribution in [0.3, 0.4) is 0 Å². The van der Waals surface area contributed by atoms with Crippen molar-refractivity contribution in [2.45, 2.75) is 55.8 Å². The van der Waals surface area contributed by atoms with Gasteiger partial charge in [0.25, 0.3) is 5.91 Å². The van der Waals surface area contributed by atoms with Crippen LogP contribution < -0.4 is 10.1 Å². The summed E-state index contributed by atoms with van der Waals surface area (Å²) in [6, 6.07) is 12.6. The molecular weight excluding hydrogens is 463 g/mol. The molecule has 1 aliphatic heterocycles. The minimum Gasteiger partial charge on any atom is -0.480 e. The van der Waals surface area contributed by atoms with E-state index in [1.807, 2.05) is 31.2 Å². The van der Waals surface area contributed by atoms with E-state index in [1.165, 1.54) is 0 Å². The fourth-order valence-corrected chi connectivity index (χ4v) is 5.87. The molecule has 2 bridgehead atoms. The van der Waals surface area contributed by atoms with Crippen molar-refractivity contribution in [3.05, 3.63) is 69.7 Å². The number of benzene rings is 2. The van der Waals surface area contributed by atoms with Gasteiger partial charge in [-0.3, -0.25) is 4.79 Å². The summed E-state index contributed by atoms with van der Waals surface area (Å²) in [5.41, 5.74) is 2.03. The summed E-state index contributed by atoms with van der Waals surface area (Å²) in [7, 11) is 0. The Labute approximate surface area is 200 Å². The topological polar surface area (TPSA) is 84.6 Å². The third kappa shape index (κ3) is 3.35. The van der Waals surface area contributed by atoms with Crippen LogP contribution in [-0.2, 0) is 10.2 Å². The molecule has 4 aliphatic rings. The molecule has 1 aromatic heterocycles. The van der Waals surface area contributed by atoms with E-state index in [0.717, 1.165) is 42.2 Å². The minimum absolute atomic E-state index is 0.126. The molecule has 0 radical (unpaired) electrons. The number of nitrogens with zero attached hydrogens (tertiary/aromatic N) is 1. The van der Waals surface area contributed by atoms with Gasteiger partial charge in [0, 0.05) is 33.1 Å². The number of rotatable bonds is 4. The molecule has 3 saturated carbocycles. The summed E-state index contributed by atoms with van der Waals surface area (Å²) in [6.07, 6.45) is 1.03. The fourth-order valence-electron chi connectivity index (χ4n) is 5.56. The number of nitrogens with one attached hydrogen (secondary N) is 1.